The number of benzene rings is 2. The van der Waals surface area contributed by atoms with Crippen LogP contribution in [0.25, 0.3) is 0 Å². The first-order valence-corrected chi connectivity index (χ1v) is 10.5. The molecule has 1 aliphatic rings. The molecular weight excluding hydrogens is 399 g/mol. The number of hydrogen-bond acceptors (Lipinski definition) is 4. The van der Waals surface area contributed by atoms with Gasteiger partial charge >= 0.3 is 6.03 Å². The van der Waals surface area contributed by atoms with Crippen molar-refractivity contribution < 1.29 is 22.4 Å². The highest BCUT2D eigenvalue weighted by Crippen LogP contribution is 2.22. The Morgan fingerprint density at radius 2 is 1.93 bits per heavy atom. The molecule has 0 bridgehead atoms. The SMILES string of the molecule is NS(=O)(=O)c1ccc(CCNC(=O)NC2CC(=O)N(c3cccc(F)c3)C2)cc1. The molecule has 4 N–H and O–H groups in total. The molecule has 0 radical (unpaired) electrons. The maximum absolute atomic E-state index is 13.4. The lowest BCUT2D eigenvalue weighted by Crippen LogP contribution is -2.43. The molecule has 8 nitrogen and oxygen atoms in total. The van der Waals surface area contributed by atoms with Gasteiger partial charge in [0.25, 0.3) is 0 Å². The van der Waals surface area contributed by atoms with Gasteiger partial charge in [0.2, 0.25) is 15.9 Å². The van der Waals surface area contributed by atoms with Gasteiger partial charge in [-0.05, 0) is 42.3 Å². The van der Waals surface area contributed by atoms with Crippen molar-refractivity contribution in [3.63, 3.8) is 0 Å². The molecule has 0 aliphatic carbocycles. The molecule has 3 amide bonds. The molecule has 3 rings (SSSR count). The molecule has 0 saturated carbocycles. The number of nitrogens with zero attached hydrogens (tertiary/aromatic N) is 1. The summed E-state index contributed by atoms with van der Waals surface area (Å²) in [7, 11) is -3.73. The maximum atomic E-state index is 13.4. The van der Waals surface area contributed by atoms with Crippen LogP contribution >= 0.6 is 0 Å². The van der Waals surface area contributed by atoms with Gasteiger partial charge in [-0.1, -0.05) is 18.2 Å². The Bertz CT molecular complexity index is 1010. The van der Waals surface area contributed by atoms with Crippen molar-refractivity contribution in [1.29, 1.82) is 0 Å². The molecular formula is C19H21FN4O4S. The summed E-state index contributed by atoms with van der Waals surface area (Å²) in [4.78, 5) is 25.7. The monoisotopic (exact) mass is 420 g/mol. The smallest absolute Gasteiger partial charge is 0.315 e. The second kappa shape index (κ2) is 8.58. The first-order chi connectivity index (χ1) is 13.7. The fraction of sp³-hybridized carbons (Fsp3) is 0.263. The van der Waals surface area contributed by atoms with Crippen LogP contribution in [0.2, 0.25) is 0 Å². The summed E-state index contributed by atoms with van der Waals surface area (Å²) in [6.45, 7) is 0.597. The van der Waals surface area contributed by atoms with Crippen molar-refractivity contribution >= 4 is 27.6 Å². The standard InChI is InChI=1S/C19H21FN4O4S/c20-14-2-1-3-16(10-14)24-12-15(11-18(24)25)23-19(26)22-9-8-13-4-6-17(7-5-13)29(21,27)28/h1-7,10,15H,8-9,11-12H2,(H2,21,27,28)(H2,22,23,26). The van der Waals surface area contributed by atoms with Crippen molar-refractivity contribution in [2.24, 2.45) is 5.14 Å². The van der Waals surface area contributed by atoms with Crippen LogP contribution in [0.1, 0.15) is 12.0 Å². The highest BCUT2D eigenvalue weighted by Gasteiger charge is 2.31. The zero-order valence-electron chi connectivity index (χ0n) is 15.5. The van der Waals surface area contributed by atoms with Crippen molar-refractivity contribution in [2.45, 2.75) is 23.8 Å². The Hall–Kier alpha value is -2.98. The molecule has 10 heteroatoms. The average molecular weight is 420 g/mol. The number of urea groups is 1. The summed E-state index contributed by atoms with van der Waals surface area (Å²) >= 11 is 0. The van der Waals surface area contributed by atoms with Crippen LogP contribution in [-0.4, -0.2) is 39.5 Å². The van der Waals surface area contributed by atoms with E-state index in [4.69, 9.17) is 5.14 Å². The third-order valence-corrected chi connectivity index (χ3v) is 5.46. The van der Waals surface area contributed by atoms with Gasteiger partial charge in [-0.3, -0.25) is 4.79 Å². The Morgan fingerprint density at radius 3 is 2.59 bits per heavy atom. The fourth-order valence-electron chi connectivity index (χ4n) is 3.10. The number of carbonyl (C=O) groups is 2. The summed E-state index contributed by atoms with van der Waals surface area (Å²) in [6.07, 6.45) is 0.635. The van der Waals surface area contributed by atoms with E-state index in [0.717, 1.165) is 5.56 Å². The molecule has 1 heterocycles. The molecule has 1 atom stereocenters. The van der Waals surface area contributed by atoms with Crippen molar-refractivity contribution in [3.8, 4) is 0 Å². The molecule has 0 aromatic heterocycles. The number of nitrogens with two attached hydrogens (primary N) is 1. The molecule has 0 spiro atoms. The van der Waals surface area contributed by atoms with Crippen LogP contribution in [0, 0.1) is 5.82 Å². The first kappa shape index (κ1) is 20.7. The number of halogens is 1. The lowest BCUT2D eigenvalue weighted by atomic mass is 10.1. The Labute approximate surface area is 167 Å². The number of rotatable bonds is 6. The molecule has 2 aromatic rings. The van der Waals surface area contributed by atoms with Crippen LogP contribution in [0.3, 0.4) is 0 Å². The predicted octanol–water partition coefficient (Wildman–Crippen LogP) is 1.12. The van der Waals surface area contributed by atoms with Gasteiger partial charge in [-0.25, -0.2) is 22.7 Å². The van der Waals surface area contributed by atoms with E-state index in [1.165, 1.54) is 35.2 Å². The zero-order chi connectivity index (χ0) is 21.0. The molecule has 2 aromatic carbocycles. The van der Waals surface area contributed by atoms with Crippen LogP contribution in [0.5, 0.6) is 0 Å². The minimum atomic E-state index is -3.73. The number of nitrogens with one attached hydrogen (secondary N) is 2. The number of hydrogen-bond donors (Lipinski definition) is 3. The minimum absolute atomic E-state index is 0.0284. The van der Waals surface area contributed by atoms with Gasteiger partial charge < -0.3 is 15.5 Å². The second-order valence-electron chi connectivity index (χ2n) is 6.72. The van der Waals surface area contributed by atoms with E-state index in [1.807, 2.05) is 0 Å². The van der Waals surface area contributed by atoms with E-state index >= 15 is 0 Å². The minimum Gasteiger partial charge on any atom is -0.338 e. The average Bonchev–Trinajstić information content (AvgIpc) is 3.01. The van der Waals surface area contributed by atoms with Crippen LogP contribution in [0.4, 0.5) is 14.9 Å². The Balaban J connectivity index is 1.46. The quantitative estimate of drug-likeness (QED) is 0.648. The van der Waals surface area contributed by atoms with Crippen LogP contribution < -0.4 is 20.7 Å². The predicted molar refractivity (Wildman–Crippen MR) is 105 cm³/mol. The van der Waals surface area contributed by atoms with E-state index in [2.05, 4.69) is 10.6 Å². The van der Waals surface area contributed by atoms with Gasteiger partial charge in [-0.15, -0.1) is 0 Å². The van der Waals surface area contributed by atoms with E-state index in [9.17, 15) is 22.4 Å². The van der Waals surface area contributed by atoms with Gasteiger partial charge in [0.05, 0.1) is 10.9 Å². The van der Waals surface area contributed by atoms with Crippen LogP contribution in [-0.2, 0) is 21.2 Å². The summed E-state index contributed by atoms with van der Waals surface area (Å²) in [5, 5.41) is 10.5. The molecule has 154 valence electrons. The molecule has 1 fully saturated rings. The van der Waals surface area contributed by atoms with E-state index in [1.54, 1.807) is 18.2 Å². The summed E-state index contributed by atoms with van der Waals surface area (Å²) < 4.78 is 35.8. The first-order valence-electron chi connectivity index (χ1n) is 8.94. The van der Waals surface area contributed by atoms with E-state index in [0.29, 0.717) is 18.7 Å². The lowest BCUT2D eigenvalue weighted by molar-refractivity contribution is -0.117. The van der Waals surface area contributed by atoms with Crippen molar-refractivity contribution in [1.82, 2.24) is 10.6 Å². The molecule has 1 aliphatic heterocycles. The topological polar surface area (TPSA) is 122 Å². The van der Waals surface area contributed by atoms with E-state index in [-0.39, 0.29) is 29.8 Å². The third kappa shape index (κ3) is 5.52. The number of sulfonamides is 1. The maximum Gasteiger partial charge on any atom is 0.315 e. The molecule has 1 saturated heterocycles. The van der Waals surface area contributed by atoms with Crippen molar-refractivity contribution in [3.05, 3.63) is 59.9 Å². The summed E-state index contributed by atoms with van der Waals surface area (Å²) in [6, 6.07) is 11.1. The lowest BCUT2D eigenvalue weighted by Gasteiger charge is -2.17. The highest BCUT2D eigenvalue weighted by molar-refractivity contribution is 7.89. The normalized spacial score (nSPS) is 16.7. The zero-order valence-corrected chi connectivity index (χ0v) is 16.3. The van der Waals surface area contributed by atoms with Gasteiger partial charge in [-0.2, -0.15) is 0 Å². The van der Waals surface area contributed by atoms with Gasteiger partial charge in [0, 0.05) is 25.2 Å². The number of primary sulfonamides is 1. The summed E-state index contributed by atoms with van der Waals surface area (Å²) in [5.74, 6) is -0.614. The Morgan fingerprint density at radius 1 is 1.21 bits per heavy atom. The second-order valence-corrected chi connectivity index (χ2v) is 8.29. The number of amides is 3. The molecule has 29 heavy (non-hydrogen) atoms. The Kier molecular flexibility index (Phi) is 6.14. The largest absolute Gasteiger partial charge is 0.338 e. The fourth-order valence-corrected chi connectivity index (χ4v) is 3.62. The highest BCUT2D eigenvalue weighted by atomic mass is 32.2. The summed E-state index contributed by atoms with van der Waals surface area (Å²) in [5.41, 5.74) is 1.30. The van der Waals surface area contributed by atoms with Crippen molar-refractivity contribution in [2.75, 3.05) is 18.0 Å². The van der Waals surface area contributed by atoms with Gasteiger partial charge in [0.1, 0.15) is 5.82 Å². The number of carbonyl (C=O) groups excluding carboxylic acids is 2. The van der Waals surface area contributed by atoms with Gasteiger partial charge in [0.15, 0.2) is 0 Å². The van der Waals surface area contributed by atoms with Crippen LogP contribution in [0.15, 0.2) is 53.4 Å². The molecule has 1 unspecified atom stereocenters. The van der Waals surface area contributed by atoms with E-state index < -0.39 is 21.9 Å². The number of anilines is 1. The third-order valence-electron chi connectivity index (χ3n) is 4.53.